The summed E-state index contributed by atoms with van der Waals surface area (Å²) in [5.74, 6) is 0.0312. The van der Waals surface area contributed by atoms with Gasteiger partial charge >= 0.3 is 10.1 Å². The van der Waals surface area contributed by atoms with E-state index in [0.29, 0.717) is 5.02 Å². The monoisotopic (exact) mass is 366 g/mol. The van der Waals surface area contributed by atoms with E-state index in [1.807, 2.05) is 0 Å². The van der Waals surface area contributed by atoms with Crippen LogP contribution in [0.25, 0.3) is 0 Å². The Balaban J connectivity index is 2.48. The fourth-order valence-corrected chi connectivity index (χ4v) is 3.28. The van der Waals surface area contributed by atoms with E-state index >= 15 is 0 Å². The lowest BCUT2D eigenvalue weighted by Gasteiger charge is -2.12. The summed E-state index contributed by atoms with van der Waals surface area (Å²) in [5.41, 5.74) is 0. The van der Waals surface area contributed by atoms with Crippen LogP contribution in [0.3, 0.4) is 0 Å². The van der Waals surface area contributed by atoms with Crippen LogP contribution >= 0.6 is 34.8 Å². The third-order valence-electron chi connectivity index (χ3n) is 2.49. The zero-order valence-electron chi connectivity index (χ0n) is 10.6. The summed E-state index contributed by atoms with van der Waals surface area (Å²) in [6, 6.07) is 8.42. The lowest BCUT2D eigenvalue weighted by atomic mass is 10.3. The van der Waals surface area contributed by atoms with Gasteiger partial charge in [-0.3, -0.25) is 0 Å². The molecule has 0 bridgehead atoms. The maximum absolute atomic E-state index is 12.3. The molecule has 0 aliphatic carbocycles. The summed E-state index contributed by atoms with van der Waals surface area (Å²) in [6.07, 6.45) is 0. The number of benzene rings is 2. The van der Waals surface area contributed by atoms with Crippen molar-refractivity contribution >= 4 is 44.9 Å². The highest BCUT2D eigenvalue weighted by Crippen LogP contribution is 2.33. The van der Waals surface area contributed by atoms with Crippen LogP contribution in [-0.4, -0.2) is 15.5 Å². The van der Waals surface area contributed by atoms with Crippen molar-refractivity contribution in [3.8, 4) is 11.5 Å². The molecule has 2 rings (SSSR count). The van der Waals surface area contributed by atoms with Crippen LogP contribution < -0.4 is 8.92 Å². The van der Waals surface area contributed by atoms with E-state index in [4.69, 9.17) is 43.7 Å². The summed E-state index contributed by atoms with van der Waals surface area (Å²) in [5, 5.41) is 0.641. The van der Waals surface area contributed by atoms with Crippen molar-refractivity contribution in [1.29, 1.82) is 0 Å². The molecule has 0 amide bonds. The molecule has 2 aromatic carbocycles. The Morgan fingerprint density at radius 2 is 1.52 bits per heavy atom. The largest absolute Gasteiger partial charge is 0.495 e. The van der Waals surface area contributed by atoms with Gasteiger partial charge in [-0.15, -0.1) is 0 Å². The fourth-order valence-electron chi connectivity index (χ4n) is 1.55. The van der Waals surface area contributed by atoms with Gasteiger partial charge < -0.3 is 8.92 Å². The van der Waals surface area contributed by atoms with E-state index < -0.39 is 10.1 Å². The number of rotatable bonds is 4. The molecule has 0 heterocycles. The maximum Gasteiger partial charge on any atom is 0.343 e. The minimum Gasteiger partial charge on any atom is -0.495 e. The molecule has 4 nitrogen and oxygen atoms in total. The predicted octanol–water partition coefficient (Wildman–Crippen LogP) is 4.42. The summed E-state index contributed by atoms with van der Waals surface area (Å²) in [4.78, 5) is -0.200. The van der Waals surface area contributed by atoms with Gasteiger partial charge in [-0.05, 0) is 30.3 Å². The third-order valence-corrected chi connectivity index (χ3v) is 4.53. The highest BCUT2D eigenvalue weighted by atomic mass is 35.5. The molecular formula is C13H9Cl3O4S. The van der Waals surface area contributed by atoms with Crippen LogP contribution in [0.2, 0.25) is 15.1 Å². The first kappa shape index (κ1) is 16.2. The normalized spacial score (nSPS) is 11.2. The Morgan fingerprint density at radius 3 is 2.19 bits per heavy atom. The van der Waals surface area contributed by atoms with Crippen LogP contribution in [0.1, 0.15) is 0 Å². The number of ether oxygens (including phenoxy) is 1. The van der Waals surface area contributed by atoms with Crippen LogP contribution in [0.5, 0.6) is 11.5 Å². The van der Waals surface area contributed by atoms with Crippen molar-refractivity contribution in [3.63, 3.8) is 0 Å². The third kappa shape index (κ3) is 3.74. The van der Waals surface area contributed by atoms with Crippen molar-refractivity contribution in [2.24, 2.45) is 0 Å². The average molecular weight is 368 g/mol. The molecule has 0 fully saturated rings. The summed E-state index contributed by atoms with van der Waals surface area (Å²) in [6.45, 7) is 0. The highest BCUT2D eigenvalue weighted by Gasteiger charge is 2.23. The second-order valence-corrected chi connectivity index (χ2v) is 6.70. The van der Waals surface area contributed by atoms with Crippen molar-refractivity contribution in [2.75, 3.05) is 7.11 Å². The molecule has 0 aliphatic heterocycles. The van der Waals surface area contributed by atoms with Crippen molar-refractivity contribution in [2.45, 2.75) is 4.90 Å². The molecule has 0 radical (unpaired) electrons. The zero-order chi connectivity index (χ0) is 15.6. The quantitative estimate of drug-likeness (QED) is 0.751. The van der Waals surface area contributed by atoms with Gasteiger partial charge in [0.05, 0.1) is 12.1 Å². The molecule has 0 saturated carbocycles. The van der Waals surface area contributed by atoms with Crippen molar-refractivity contribution < 1.29 is 17.3 Å². The van der Waals surface area contributed by atoms with E-state index in [0.717, 1.165) is 0 Å². The lowest BCUT2D eigenvalue weighted by molar-refractivity contribution is 0.398. The molecule has 0 saturated heterocycles. The van der Waals surface area contributed by atoms with Crippen LogP contribution in [0.15, 0.2) is 41.3 Å². The molecule has 21 heavy (non-hydrogen) atoms. The van der Waals surface area contributed by atoms with E-state index in [2.05, 4.69) is 0 Å². The van der Waals surface area contributed by atoms with Gasteiger partial charge in [0.25, 0.3) is 0 Å². The Kier molecular flexibility index (Phi) is 4.88. The van der Waals surface area contributed by atoms with E-state index in [1.165, 1.54) is 43.5 Å². The first-order valence-electron chi connectivity index (χ1n) is 5.56. The number of hydrogen-bond donors (Lipinski definition) is 0. The molecule has 0 aromatic heterocycles. The molecule has 0 unspecified atom stereocenters. The highest BCUT2D eigenvalue weighted by molar-refractivity contribution is 7.87. The fraction of sp³-hybridized carbons (Fsp3) is 0.0769. The summed E-state index contributed by atoms with van der Waals surface area (Å²) in [7, 11) is -2.83. The second-order valence-electron chi connectivity index (χ2n) is 3.91. The van der Waals surface area contributed by atoms with Gasteiger partial charge in [-0.25, -0.2) is 0 Å². The predicted molar refractivity (Wildman–Crippen MR) is 82.3 cm³/mol. The average Bonchev–Trinajstić information content (AvgIpc) is 2.42. The first-order chi connectivity index (χ1) is 9.83. The van der Waals surface area contributed by atoms with Crippen molar-refractivity contribution in [1.82, 2.24) is 0 Å². The number of methoxy groups -OCH3 is 1. The smallest absolute Gasteiger partial charge is 0.343 e. The summed E-state index contributed by atoms with van der Waals surface area (Å²) >= 11 is 17.5. The van der Waals surface area contributed by atoms with E-state index in [1.54, 1.807) is 0 Å². The standard InChI is InChI=1S/C13H9Cl3O4S/c1-19-11-5-3-9(15)7-13(11)21(17,18)20-12-6-8(14)2-4-10(12)16/h2-7H,1H3. The molecule has 112 valence electrons. The van der Waals surface area contributed by atoms with E-state index in [-0.39, 0.29) is 26.4 Å². The minimum absolute atomic E-state index is 0.0776. The first-order valence-corrected chi connectivity index (χ1v) is 8.11. The molecule has 0 aliphatic rings. The Bertz CT molecular complexity index is 775. The Morgan fingerprint density at radius 1 is 0.905 bits per heavy atom. The number of hydrogen-bond acceptors (Lipinski definition) is 4. The van der Waals surface area contributed by atoms with Crippen LogP contribution in [-0.2, 0) is 10.1 Å². The van der Waals surface area contributed by atoms with Gasteiger partial charge in [0.2, 0.25) is 0 Å². The van der Waals surface area contributed by atoms with Gasteiger partial charge in [-0.1, -0.05) is 34.8 Å². The molecule has 0 N–H and O–H groups in total. The molecule has 8 heteroatoms. The molecule has 0 spiro atoms. The molecule has 0 atom stereocenters. The van der Waals surface area contributed by atoms with Gasteiger partial charge in [0.1, 0.15) is 10.6 Å². The number of halogens is 3. The second kappa shape index (κ2) is 6.32. The maximum atomic E-state index is 12.3. The van der Waals surface area contributed by atoms with Gasteiger partial charge in [0, 0.05) is 16.1 Å². The Hall–Kier alpha value is -1.14. The topological polar surface area (TPSA) is 52.6 Å². The van der Waals surface area contributed by atoms with Crippen LogP contribution in [0, 0.1) is 0 Å². The minimum atomic E-state index is -4.17. The van der Waals surface area contributed by atoms with Crippen LogP contribution in [0.4, 0.5) is 0 Å². The van der Waals surface area contributed by atoms with E-state index in [9.17, 15) is 8.42 Å². The van der Waals surface area contributed by atoms with Gasteiger partial charge in [-0.2, -0.15) is 8.42 Å². The summed E-state index contributed by atoms with van der Waals surface area (Å²) < 4.78 is 34.7. The Labute approximate surface area is 137 Å². The lowest BCUT2D eigenvalue weighted by Crippen LogP contribution is -2.11. The molecular weight excluding hydrogens is 359 g/mol. The SMILES string of the molecule is COc1ccc(Cl)cc1S(=O)(=O)Oc1cc(Cl)ccc1Cl. The van der Waals surface area contributed by atoms with Crippen molar-refractivity contribution in [3.05, 3.63) is 51.5 Å². The zero-order valence-corrected chi connectivity index (χ0v) is 13.7. The molecule has 2 aromatic rings. The van der Waals surface area contributed by atoms with Gasteiger partial charge in [0.15, 0.2) is 5.75 Å².